The van der Waals surface area contributed by atoms with Crippen LogP contribution in [0.1, 0.15) is 83.1 Å². The van der Waals surface area contributed by atoms with Crippen LogP contribution in [0, 0.1) is 29.7 Å². The summed E-state index contributed by atoms with van der Waals surface area (Å²) >= 11 is 0. The Bertz CT molecular complexity index is 188. The Morgan fingerprint density at radius 1 is 0.250 bits per heavy atom. The summed E-state index contributed by atoms with van der Waals surface area (Å²) in [6.45, 7) is 27.5. The quantitative estimate of drug-likeness (QED) is 0.105. The second-order valence-corrected chi connectivity index (χ2v) is 19.4. The van der Waals surface area contributed by atoms with E-state index in [0.29, 0.717) is 31.7 Å². The van der Waals surface area contributed by atoms with Crippen LogP contribution in [0.25, 0.3) is 24.6 Å². The molecule has 0 rings (SSSR count). The molecule has 0 saturated carbocycles. The summed E-state index contributed by atoms with van der Waals surface area (Å²) in [5.41, 5.74) is 0. The maximum atomic E-state index is 2.29. The molecule has 0 fully saturated rings. The second kappa shape index (κ2) is 96.8. The van der Waals surface area contributed by atoms with Gasteiger partial charge in [-0.1, -0.05) is 83.1 Å². The van der Waals surface area contributed by atoms with Crippen molar-refractivity contribution in [3.63, 3.8) is 0 Å². The zero-order valence-electron chi connectivity index (χ0n) is 30.1. The van der Waals surface area contributed by atoms with Gasteiger partial charge in [-0.3, -0.25) is 0 Å². The molecule has 0 spiro atoms. The molecule has 0 heterocycles. The Labute approximate surface area is 309 Å². The summed E-state index contributed by atoms with van der Waals surface area (Å²) in [5, 5.41) is 0. The van der Waals surface area contributed by atoms with Crippen LogP contribution in [0.3, 0.4) is 0 Å². The molecule has 40 heavy (non-hydrogen) atoms. The first-order valence-electron chi connectivity index (χ1n) is 12.3. The van der Waals surface area contributed by atoms with Crippen molar-refractivity contribution in [2.75, 3.05) is 73.9 Å². The zero-order chi connectivity index (χ0) is 22.8. The van der Waals surface area contributed by atoms with Gasteiger partial charge < -0.3 is 54.3 Å². The Morgan fingerprint density at radius 2 is 0.300 bits per heavy atom. The van der Waals surface area contributed by atoms with E-state index in [4.69, 9.17) is 0 Å². The molecule has 0 aromatic carbocycles. The molecular formula is C28H80Mn4N4P4-6. The van der Waals surface area contributed by atoms with Crippen LogP contribution in [0.5, 0.6) is 0 Å². The van der Waals surface area contributed by atoms with Crippen molar-refractivity contribution in [3.8, 4) is 0 Å². The molecule has 0 bridgehead atoms. The van der Waals surface area contributed by atoms with Crippen molar-refractivity contribution in [1.29, 1.82) is 0 Å². The van der Waals surface area contributed by atoms with Gasteiger partial charge in [0.15, 0.2) is 0 Å². The van der Waals surface area contributed by atoms with Crippen LogP contribution >= 0.6 is 31.7 Å². The van der Waals surface area contributed by atoms with E-state index >= 15 is 0 Å². The first kappa shape index (κ1) is 104. The molecule has 0 unspecified atom stereocenters. The summed E-state index contributed by atoms with van der Waals surface area (Å²) in [6.07, 6.45) is 17.0. The molecule has 8 N–H and O–H groups in total. The molecule has 266 valence electrons. The average molecular weight is 817 g/mol. The molecule has 0 aliphatic heterocycles. The third kappa shape index (κ3) is 90.0. The van der Waals surface area contributed by atoms with Gasteiger partial charge in [-0.2, -0.15) is 0 Å². The molecular weight excluding hydrogens is 736 g/mol. The largest absolute Gasteiger partial charge is 2.00 e. The van der Waals surface area contributed by atoms with E-state index in [1.54, 1.807) is 0 Å². The van der Waals surface area contributed by atoms with Gasteiger partial charge in [-0.15, -0.1) is 31.7 Å². The average Bonchev–Trinajstić information content (AvgIpc) is 2.75. The molecule has 0 amide bonds. The molecule has 12 heteroatoms. The molecule has 0 aromatic heterocycles. The van der Waals surface area contributed by atoms with Gasteiger partial charge in [0.25, 0.3) is 0 Å². The number of hydrogen-bond donors (Lipinski definition) is 0. The van der Waals surface area contributed by atoms with Crippen molar-refractivity contribution in [2.45, 2.75) is 83.1 Å². The smallest absolute Gasteiger partial charge is 0.693 e. The molecule has 4 radical (unpaired) electrons. The molecule has 0 aliphatic rings. The summed E-state index contributed by atoms with van der Waals surface area (Å²) in [5.74, 6) is 0. The fourth-order valence-corrected chi connectivity index (χ4v) is 8.05. The minimum absolute atomic E-state index is 0. The Balaban J connectivity index is -0.0000000125. The van der Waals surface area contributed by atoms with E-state index < -0.39 is 0 Å². The van der Waals surface area contributed by atoms with Crippen molar-refractivity contribution in [3.05, 3.63) is 54.3 Å². The van der Waals surface area contributed by atoms with Gasteiger partial charge in [0.2, 0.25) is 0 Å². The minimum Gasteiger partial charge on any atom is -0.693 e. The predicted octanol–water partition coefficient (Wildman–Crippen LogP) is 14.8. The number of rotatable bonds is 12. The van der Waals surface area contributed by atoms with Crippen molar-refractivity contribution < 1.29 is 68.3 Å². The SMILES string of the molecule is CCP(CC)CC.CCP(CC)CC.CCP(CC)CC.CCP(CC)CC.[CH3-].[CH3-].[CH3-].[CH3-].[Mn+2].[Mn].[Mn].[Mn].[NH2-].[NH2-].[NH2-].[NH2-]. The third-order valence-electron chi connectivity index (χ3n) is 5.37. The Kier molecular flexibility index (Phi) is 251. The summed E-state index contributed by atoms with van der Waals surface area (Å²) in [6, 6.07) is 0. The topological polar surface area (TPSA) is 134 Å². The van der Waals surface area contributed by atoms with Crippen molar-refractivity contribution in [2.24, 2.45) is 0 Å². The summed E-state index contributed by atoms with van der Waals surface area (Å²) < 4.78 is 0. The van der Waals surface area contributed by atoms with Crippen LogP contribution in [-0.2, 0) is 68.3 Å². The standard InChI is InChI=1S/4C6H15P.4CH3.4Mn.4H2N/c4*1-4-7(5-2)6-3;;;;;;;;;;;;/h4*4-6H2,1-3H3;4*1H3;;;;;4*1H2/q;;;;4*-1;;;;+2;4*-1. The van der Waals surface area contributed by atoms with Crippen LogP contribution < -0.4 is 0 Å². The Hall–Kier alpha value is 3.64. The maximum absolute atomic E-state index is 2.29. The first-order chi connectivity index (χ1) is 13.4. The van der Waals surface area contributed by atoms with Gasteiger partial charge in [-0.25, -0.2) is 0 Å². The Morgan fingerprint density at radius 3 is 0.300 bits per heavy atom. The minimum atomic E-state index is 0. The predicted molar refractivity (Wildman–Crippen MR) is 201 cm³/mol. The van der Waals surface area contributed by atoms with Gasteiger partial charge in [0, 0.05) is 51.2 Å². The van der Waals surface area contributed by atoms with E-state index in [-0.39, 0.29) is 123 Å². The molecule has 0 aromatic rings. The van der Waals surface area contributed by atoms with Crippen LogP contribution in [0.4, 0.5) is 0 Å². The summed E-state index contributed by atoms with van der Waals surface area (Å²) in [4.78, 5) is 0. The maximum Gasteiger partial charge on any atom is 2.00 e. The molecule has 0 aliphatic carbocycles. The van der Waals surface area contributed by atoms with E-state index in [0.717, 1.165) is 0 Å². The molecule has 0 saturated heterocycles. The van der Waals surface area contributed by atoms with Gasteiger partial charge >= 0.3 is 17.1 Å². The van der Waals surface area contributed by atoms with Crippen molar-refractivity contribution in [1.82, 2.24) is 0 Å². The van der Waals surface area contributed by atoms with Crippen LogP contribution in [0.15, 0.2) is 0 Å². The van der Waals surface area contributed by atoms with Gasteiger partial charge in [0.1, 0.15) is 0 Å². The van der Waals surface area contributed by atoms with E-state index in [1.807, 2.05) is 0 Å². The van der Waals surface area contributed by atoms with E-state index in [2.05, 4.69) is 83.1 Å². The normalized spacial score (nSPS) is 7.20. The number of hydrogen-bond acceptors (Lipinski definition) is 0. The fraction of sp³-hybridized carbons (Fsp3) is 0.857. The van der Waals surface area contributed by atoms with E-state index in [1.165, 1.54) is 73.9 Å². The monoisotopic (exact) mass is 816 g/mol. The summed E-state index contributed by atoms with van der Waals surface area (Å²) in [7, 11) is 1.78. The first-order valence-corrected chi connectivity index (χ1v) is 19.9. The zero-order valence-corrected chi connectivity index (χ0v) is 38.4. The third-order valence-corrected chi connectivity index (χ3v) is 16.1. The van der Waals surface area contributed by atoms with Crippen LogP contribution in [-0.4, -0.2) is 73.9 Å². The fourth-order valence-electron chi connectivity index (χ4n) is 2.68. The number of nitrogens with two attached hydrogens (primary N) is 4. The molecule has 4 nitrogen and oxygen atoms in total. The van der Waals surface area contributed by atoms with Crippen molar-refractivity contribution >= 4 is 31.7 Å². The van der Waals surface area contributed by atoms with E-state index in [9.17, 15) is 0 Å². The molecule has 0 atom stereocenters. The van der Waals surface area contributed by atoms with Gasteiger partial charge in [0.05, 0.1) is 0 Å². The second-order valence-electron chi connectivity index (χ2n) is 6.48. The van der Waals surface area contributed by atoms with Gasteiger partial charge in [-0.05, 0) is 73.9 Å². The van der Waals surface area contributed by atoms with Crippen LogP contribution in [0.2, 0.25) is 0 Å².